The van der Waals surface area contributed by atoms with E-state index in [1.54, 1.807) is 41.5 Å². The Morgan fingerprint density at radius 1 is 0.742 bits per heavy atom. The van der Waals surface area contributed by atoms with E-state index in [-0.39, 0.29) is 18.2 Å². The number of rotatable bonds is 8. The van der Waals surface area contributed by atoms with Gasteiger partial charge in [-0.15, -0.1) is 0 Å². The lowest BCUT2D eigenvalue weighted by Gasteiger charge is -2.34. The van der Waals surface area contributed by atoms with Gasteiger partial charge in [-0.2, -0.15) is 0 Å². The minimum atomic E-state index is -1.32. The standard InChI is InChI=1S/C26H32O5/c1-24(2,22(28)30-7)19-15-11-12-16-20(19)26(5,6)31-23(29)25(3,4)21(27)17-18-13-9-8-10-14-18/h8-16H,17H2,1-7H3. The van der Waals surface area contributed by atoms with E-state index < -0.39 is 22.4 Å². The van der Waals surface area contributed by atoms with Gasteiger partial charge in [-0.3, -0.25) is 14.4 Å². The summed E-state index contributed by atoms with van der Waals surface area (Å²) in [7, 11) is 1.35. The van der Waals surface area contributed by atoms with Gasteiger partial charge in [0.15, 0.2) is 5.78 Å². The van der Waals surface area contributed by atoms with Gasteiger partial charge in [-0.05, 0) is 58.2 Å². The van der Waals surface area contributed by atoms with E-state index in [0.717, 1.165) is 5.56 Å². The molecule has 0 atom stereocenters. The molecule has 5 nitrogen and oxygen atoms in total. The van der Waals surface area contributed by atoms with Crippen LogP contribution in [0, 0.1) is 5.41 Å². The van der Waals surface area contributed by atoms with Crippen LogP contribution in [0.5, 0.6) is 0 Å². The highest BCUT2D eigenvalue weighted by atomic mass is 16.6. The minimum absolute atomic E-state index is 0.148. The molecule has 5 heteroatoms. The molecule has 2 aromatic rings. The zero-order chi connectivity index (χ0) is 23.4. The van der Waals surface area contributed by atoms with Gasteiger partial charge in [0, 0.05) is 6.42 Å². The maximum Gasteiger partial charge on any atom is 0.319 e. The summed E-state index contributed by atoms with van der Waals surface area (Å²) in [6.45, 7) is 10.2. The topological polar surface area (TPSA) is 69.7 Å². The van der Waals surface area contributed by atoms with Crippen LogP contribution >= 0.6 is 0 Å². The van der Waals surface area contributed by atoms with Crippen LogP contribution in [-0.2, 0) is 41.3 Å². The van der Waals surface area contributed by atoms with Crippen molar-refractivity contribution in [2.75, 3.05) is 7.11 Å². The third kappa shape index (κ3) is 5.22. The molecule has 0 fully saturated rings. The quantitative estimate of drug-likeness (QED) is 0.452. The van der Waals surface area contributed by atoms with Crippen molar-refractivity contribution < 1.29 is 23.9 Å². The lowest BCUT2D eigenvalue weighted by Crippen LogP contribution is -2.41. The van der Waals surface area contributed by atoms with Gasteiger partial charge in [0.05, 0.1) is 12.5 Å². The summed E-state index contributed by atoms with van der Waals surface area (Å²) in [6.07, 6.45) is 0.148. The molecule has 0 saturated heterocycles. The highest BCUT2D eigenvalue weighted by Crippen LogP contribution is 2.37. The van der Waals surface area contributed by atoms with Crippen LogP contribution in [0.25, 0.3) is 0 Å². The van der Waals surface area contributed by atoms with E-state index in [9.17, 15) is 14.4 Å². The Kier molecular flexibility index (Phi) is 7.10. The molecule has 0 unspecified atom stereocenters. The fraction of sp³-hybridized carbons (Fsp3) is 0.423. The summed E-state index contributed by atoms with van der Waals surface area (Å²) in [4.78, 5) is 38.4. The first kappa shape index (κ1) is 24.3. The van der Waals surface area contributed by atoms with Gasteiger partial charge in [0.1, 0.15) is 11.0 Å². The summed E-state index contributed by atoms with van der Waals surface area (Å²) >= 11 is 0. The van der Waals surface area contributed by atoms with Crippen LogP contribution in [0.1, 0.15) is 58.2 Å². The molecule has 0 saturated carbocycles. The predicted octanol–water partition coefficient (Wildman–Crippen LogP) is 4.75. The summed E-state index contributed by atoms with van der Waals surface area (Å²) < 4.78 is 10.9. The van der Waals surface area contributed by atoms with Crippen molar-refractivity contribution in [2.24, 2.45) is 5.41 Å². The molecule has 2 rings (SSSR count). The van der Waals surface area contributed by atoms with Crippen LogP contribution in [-0.4, -0.2) is 24.8 Å². The molecule has 0 aliphatic rings. The van der Waals surface area contributed by atoms with E-state index >= 15 is 0 Å². The largest absolute Gasteiger partial charge is 0.468 e. The molecule has 0 radical (unpaired) electrons. The number of ether oxygens (including phenoxy) is 2. The van der Waals surface area contributed by atoms with E-state index in [2.05, 4.69) is 0 Å². The first-order chi connectivity index (χ1) is 14.3. The Morgan fingerprint density at radius 2 is 1.26 bits per heavy atom. The second-order valence-electron chi connectivity index (χ2n) is 9.27. The van der Waals surface area contributed by atoms with Gasteiger partial charge >= 0.3 is 11.9 Å². The summed E-state index contributed by atoms with van der Waals surface area (Å²) in [6, 6.07) is 16.6. The molecule has 2 aromatic carbocycles. The predicted molar refractivity (Wildman–Crippen MR) is 120 cm³/mol. The van der Waals surface area contributed by atoms with Crippen molar-refractivity contribution in [3.05, 3.63) is 71.3 Å². The molecule has 0 amide bonds. The normalized spacial score (nSPS) is 12.2. The highest BCUT2D eigenvalue weighted by Gasteiger charge is 2.43. The maximum atomic E-state index is 13.1. The number of carbonyl (C=O) groups is 3. The third-order valence-electron chi connectivity index (χ3n) is 5.71. The molecular weight excluding hydrogens is 392 g/mol. The lowest BCUT2D eigenvalue weighted by atomic mass is 9.77. The van der Waals surface area contributed by atoms with Crippen molar-refractivity contribution in [2.45, 2.75) is 59.0 Å². The first-order valence-corrected chi connectivity index (χ1v) is 10.3. The molecule has 0 aliphatic heterocycles. The molecule has 166 valence electrons. The Labute approximate surface area is 184 Å². The zero-order valence-corrected chi connectivity index (χ0v) is 19.4. The number of hydrogen-bond acceptors (Lipinski definition) is 5. The summed E-state index contributed by atoms with van der Waals surface area (Å²) in [5.41, 5.74) is -1.09. The monoisotopic (exact) mass is 424 g/mol. The van der Waals surface area contributed by atoms with Crippen molar-refractivity contribution in [3.8, 4) is 0 Å². The van der Waals surface area contributed by atoms with Crippen LogP contribution in [0.15, 0.2) is 54.6 Å². The average Bonchev–Trinajstić information content (AvgIpc) is 2.73. The number of carbonyl (C=O) groups excluding carboxylic acids is 3. The van der Waals surface area contributed by atoms with Crippen LogP contribution in [0.4, 0.5) is 0 Å². The van der Waals surface area contributed by atoms with Gasteiger partial charge in [0.2, 0.25) is 0 Å². The van der Waals surface area contributed by atoms with Crippen molar-refractivity contribution in [3.63, 3.8) is 0 Å². The first-order valence-electron chi connectivity index (χ1n) is 10.3. The number of hydrogen-bond donors (Lipinski definition) is 0. The Morgan fingerprint density at radius 3 is 1.81 bits per heavy atom. The SMILES string of the molecule is COC(=O)C(C)(C)c1ccccc1C(C)(C)OC(=O)C(C)(C)C(=O)Cc1ccccc1. The number of esters is 2. The molecular formula is C26H32O5. The average molecular weight is 425 g/mol. The fourth-order valence-corrected chi connectivity index (χ4v) is 3.45. The van der Waals surface area contributed by atoms with Gasteiger partial charge in [-0.1, -0.05) is 54.6 Å². The number of ketones is 1. The minimum Gasteiger partial charge on any atom is -0.468 e. The number of methoxy groups -OCH3 is 1. The van der Waals surface area contributed by atoms with Crippen LogP contribution in [0.3, 0.4) is 0 Å². The van der Waals surface area contributed by atoms with Gasteiger partial charge in [-0.25, -0.2) is 0 Å². The molecule has 0 aliphatic carbocycles. The molecule has 0 spiro atoms. The number of Topliss-reactive ketones (excluding diaryl/α,β-unsaturated/α-hetero) is 1. The summed E-state index contributed by atoms with van der Waals surface area (Å²) in [5, 5.41) is 0. The smallest absolute Gasteiger partial charge is 0.319 e. The third-order valence-corrected chi connectivity index (χ3v) is 5.71. The van der Waals surface area contributed by atoms with Crippen LogP contribution in [0.2, 0.25) is 0 Å². The van der Waals surface area contributed by atoms with E-state index in [0.29, 0.717) is 11.1 Å². The highest BCUT2D eigenvalue weighted by molar-refractivity contribution is 6.03. The van der Waals surface area contributed by atoms with Gasteiger partial charge < -0.3 is 9.47 Å². The molecule has 0 N–H and O–H groups in total. The lowest BCUT2D eigenvalue weighted by molar-refractivity contribution is -0.170. The molecule has 0 aromatic heterocycles. The Hall–Kier alpha value is -2.95. The van der Waals surface area contributed by atoms with Crippen molar-refractivity contribution >= 4 is 17.7 Å². The van der Waals surface area contributed by atoms with E-state index in [1.807, 2.05) is 54.6 Å². The Balaban J connectivity index is 2.30. The van der Waals surface area contributed by atoms with E-state index in [4.69, 9.17) is 9.47 Å². The molecule has 0 heterocycles. The summed E-state index contributed by atoms with van der Waals surface area (Å²) in [5.74, 6) is -1.22. The van der Waals surface area contributed by atoms with Gasteiger partial charge in [0.25, 0.3) is 0 Å². The second-order valence-corrected chi connectivity index (χ2v) is 9.27. The fourth-order valence-electron chi connectivity index (χ4n) is 3.45. The van der Waals surface area contributed by atoms with Crippen LogP contribution < -0.4 is 0 Å². The van der Waals surface area contributed by atoms with Crippen molar-refractivity contribution in [1.82, 2.24) is 0 Å². The van der Waals surface area contributed by atoms with Crippen molar-refractivity contribution in [1.29, 1.82) is 0 Å². The molecule has 31 heavy (non-hydrogen) atoms. The molecule has 0 bridgehead atoms. The zero-order valence-electron chi connectivity index (χ0n) is 19.4. The second kappa shape index (κ2) is 9.04. The maximum absolute atomic E-state index is 13.1. The number of benzene rings is 2. The van der Waals surface area contributed by atoms with E-state index in [1.165, 1.54) is 7.11 Å². The Bertz CT molecular complexity index is 955.